The minimum Gasteiger partial charge on any atom is -0.494 e. The van der Waals surface area contributed by atoms with E-state index in [0.717, 1.165) is 30.0 Å². The first-order valence-corrected chi connectivity index (χ1v) is 14.3. The summed E-state index contributed by atoms with van der Waals surface area (Å²) in [6.07, 6.45) is 3.96. The standard InChI is InChI=1S/C29H35FN8O2S/c1-7-27(39)33-22-17-23(25(40-5)18-24(22)37(4)15-14-36(2)3)32-26-16-21(12-13-31-26)38-28(34-35-29(38)41-6)19-8-10-20(30)11-9-19/h8-13,16-18H,7,14-15H2,1-6H3,(H,31,32)(H,33,39). The van der Waals surface area contributed by atoms with Crippen LogP contribution in [-0.4, -0.2) is 78.2 Å². The predicted octanol–water partition coefficient (Wildman–Crippen LogP) is 5.29. The monoisotopic (exact) mass is 578 g/mol. The molecule has 0 radical (unpaired) electrons. The third-order valence-corrected chi connectivity index (χ3v) is 7.02. The highest BCUT2D eigenvalue weighted by Gasteiger charge is 2.18. The van der Waals surface area contributed by atoms with Crippen molar-refractivity contribution >= 4 is 40.5 Å². The first-order valence-electron chi connectivity index (χ1n) is 13.1. The molecule has 0 atom stereocenters. The Morgan fingerprint density at radius 1 is 1.05 bits per heavy atom. The molecule has 0 aliphatic rings. The number of likely N-dealkylation sites (N-methyl/N-ethyl adjacent to an activating group) is 2. The van der Waals surface area contributed by atoms with E-state index in [1.807, 2.05) is 63.2 Å². The van der Waals surface area contributed by atoms with E-state index in [4.69, 9.17) is 4.74 Å². The van der Waals surface area contributed by atoms with E-state index in [2.05, 4.69) is 35.6 Å². The second kappa shape index (κ2) is 13.5. The van der Waals surface area contributed by atoms with Crippen LogP contribution < -0.4 is 20.3 Å². The Kier molecular flexibility index (Phi) is 9.79. The minimum atomic E-state index is -0.321. The molecule has 1 amide bonds. The molecule has 2 aromatic carbocycles. The molecule has 2 heterocycles. The number of halogens is 1. The molecule has 4 rings (SSSR count). The average molecular weight is 579 g/mol. The smallest absolute Gasteiger partial charge is 0.224 e. The maximum Gasteiger partial charge on any atom is 0.224 e. The van der Waals surface area contributed by atoms with Crippen molar-refractivity contribution in [2.45, 2.75) is 18.5 Å². The molecule has 41 heavy (non-hydrogen) atoms. The van der Waals surface area contributed by atoms with Crippen molar-refractivity contribution in [2.75, 3.05) is 63.1 Å². The fourth-order valence-electron chi connectivity index (χ4n) is 4.15. The summed E-state index contributed by atoms with van der Waals surface area (Å²) < 4.78 is 21.2. The number of amides is 1. The Labute approximate surface area is 243 Å². The number of ether oxygens (including phenoxy) is 1. The van der Waals surface area contributed by atoms with Crippen LogP contribution in [0.2, 0.25) is 0 Å². The predicted molar refractivity (Wildman–Crippen MR) is 163 cm³/mol. The fraction of sp³-hybridized carbons (Fsp3) is 0.310. The average Bonchev–Trinajstić information content (AvgIpc) is 3.41. The number of carbonyl (C=O) groups is 1. The number of hydrogen-bond acceptors (Lipinski definition) is 9. The number of nitrogens with zero attached hydrogens (tertiary/aromatic N) is 6. The van der Waals surface area contributed by atoms with Gasteiger partial charge in [-0.2, -0.15) is 0 Å². The summed E-state index contributed by atoms with van der Waals surface area (Å²) in [4.78, 5) is 21.1. The number of anilines is 4. The number of rotatable bonds is 12. The van der Waals surface area contributed by atoms with Crippen molar-refractivity contribution < 1.29 is 13.9 Å². The molecule has 0 fully saturated rings. The van der Waals surface area contributed by atoms with Gasteiger partial charge in [0.15, 0.2) is 11.0 Å². The van der Waals surface area contributed by atoms with Gasteiger partial charge in [0.2, 0.25) is 5.91 Å². The molecule has 0 aliphatic heterocycles. The number of aromatic nitrogens is 4. The maximum absolute atomic E-state index is 13.6. The molecule has 0 saturated heterocycles. The van der Waals surface area contributed by atoms with Gasteiger partial charge in [0.25, 0.3) is 0 Å². The molecule has 0 aliphatic carbocycles. The number of thioether (sulfide) groups is 1. The van der Waals surface area contributed by atoms with Gasteiger partial charge in [-0.15, -0.1) is 10.2 Å². The van der Waals surface area contributed by atoms with Crippen LogP contribution in [0.15, 0.2) is 59.9 Å². The lowest BCUT2D eigenvalue weighted by Gasteiger charge is -2.26. The third-order valence-electron chi connectivity index (χ3n) is 6.39. The zero-order chi connectivity index (χ0) is 29.5. The van der Waals surface area contributed by atoms with E-state index in [0.29, 0.717) is 40.3 Å². The van der Waals surface area contributed by atoms with Crippen LogP contribution in [0.5, 0.6) is 5.75 Å². The maximum atomic E-state index is 13.6. The largest absolute Gasteiger partial charge is 0.494 e. The number of carbonyl (C=O) groups excluding carboxylic acids is 1. The molecule has 0 spiro atoms. The first kappa shape index (κ1) is 29.8. The second-order valence-corrected chi connectivity index (χ2v) is 10.3. The Balaban J connectivity index is 1.72. The Bertz CT molecular complexity index is 1490. The van der Waals surface area contributed by atoms with Crippen LogP contribution in [0.4, 0.5) is 27.3 Å². The third kappa shape index (κ3) is 7.14. The van der Waals surface area contributed by atoms with E-state index >= 15 is 0 Å². The van der Waals surface area contributed by atoms with Gasteiger partial charge in [0, 0.05) is 50.5 Å². The summed E-state index contributed by atoms with van der Waals surface area (Å²) in [7, 11) is 7.63. The van der Waals surface area contributed by atoms with Crippen LogP contribution in [0.3, 0.4) is 0 Å². The minimum absolute atomic E-state index is 0.0889. The Morgan fingerprint density at radius 3 is 2.46 bits per heavy atom. The normalized spacial score (nSPS) is 11.0. The highest BCUT2D eigenvalue weighted by atomic mass is 32.2. The van der Waals surface area contributed by atoms with Crippen LogP contribution in [-0.2, 0) is 4.79 Å². The molecule has 4 aromatic rings. The molecule has 216 valence electrons. The Morgan fingerprint density at radius 2 is 1.80 bits per heavy atom. The Hall–Kier alpha value is -4.16. The van der Waals surface area contributed by atoms with E-state index in [1.54, 1.807) is 25.4 Å². The van der Waals surface area contributed by atoms with Gasteiger partial charge in [-0.25, -0.2) is 9.37 Å². The summed E-state index contributed by atoms with van der Waals surface area (Å²) >= 11 is 1.45. The zero-order valence-electron chi connectivity index (χ0n) is 24.1. The molecule has 0 saturated carbocycles. The lowest BCUT2D eigenvalue weighted by molar-refractivity contribution is -0.115. The SMILES string of the molecule is CCC(=O)Nc1cc(Nc2cc(-n3c(SC)nnc3-c3ccc(F)cc3)ccn2)c(OC)cc1N(C)CCN(C)C. The van der Waals surface area contributed by atoms with E-state index in [1.165, 1.54) is 23.9 Å². The van der Waals surface area contributed by atoms with E-state index in [9.17, 15) is 9.18 Å². The lowest BCUT2D eigenvalue weighted by Crippen LogP contribution is -2.29. The van der Waals surface area contributed by atoms with Gasteiger partial charge in [0.1, 0.15) is 17.4 Å². The fourth-order valence-corrected chi connectivity index (χ4v) is 4.64. The lowest BCUT2D eigenvalue weighted by atomic mass is 10.2. The summed E-state index contributed by atoms with van der Waals surface area (Å²) in [5.41, 5.74) is 3.66. The quantitative estimate of drug-likeness (QED) is 0.217. The van der Waals surface area contributed by atoms with Crippen LogP contribution in [0, 0.1) is 5.82 Å². The highest BCUT2D eigenvalue weighted by Crippen LogP contribution is 2.38. The van der Waals surface area contributed by atoms with Crippen LogP contribution in [0.25, 0.3) is 17.1 Å². The second-order valence-electron chi connectivity index (χ2n) is 9.57. The number of pyridine rings is 1. The highest BCUT2D eigenvalue weighted by molar-refractivity contribution is 7.98. The van der Waals surface area contributed by atoms with Gasteiger partial charge in [-0.05, 0) is 56.7 Å². The van der Waals surface area contributed by atoms with Gasteiger partial charge >= 0.3 is 0 Å². The first-order chi connectivity index (χ1) is 19.7. The summed E-state index contributed by atoms with van der Waals surface area (Å²) in [6, 6.07) is 13.6. The van der Waals surface area contributed by atoms with Gasteiger partial charge in [-0.3, -0.25) is 9.36 Å². The van der Waals surface area contributed by atoms with Crippen LogP contribution >= 0.6 is 11.8 Å². The number of nitrogens with one attached hydrogen (secondary N) is 2. The van der Waals surface area contributed by atoms with Crippen LogP contribution in [0.1, 0.15) is 13.3 Å². The molecule has 2 aromatic heterocycles. The molecular formula is C29H35FN8O2S. The van der Waals surface area contributed by atoms with Crippen molar-refractivity contribution in [3.8, 4) is 22.8 Å². The topological polar surface area (TPSA) is 100 Å². The number of methoxy groups -OCH3 is 1. The van der Waals surface area contributed by atoms with Crippen molar-refractivity contribution in [1.29, 1.82) is 0 Å². The molecule has 12 heteroatoms. The van der Waals surface area contributed by atoms with Crippen molar-refractivity contribution in [3.05, 3.63) is 60.5 Å². The molecule has 2 N–H and O–H groups in total. The summed E-state index contributed by atoms with van der Waals surface area (Å²) in [5, 5.41) is 15.7. The zero-order valence-corrected chi connectivity index (χ0v) is 24.9. The van der Waals surface area contributed by atoms with Gasteiger partial charge in [-0.1, -0.05) is 18.7 Å². The van der Waals surface area contributed by atoms with E-state index in [-0.39, 0.29) is 11.7 Å². The van der Waals surface area contributed by atoms with Gasteiger partial charge < -0.3 is 25.2 Å². The summed E-state index contributed by atoms with van der Waals surface area (Å²) in [6.45, 7) is 3.42. The van der Waals surface area contributed by atoms with Crippen molar-refractivity contribution in [3.63, 3.8) is 0 Å². The van der Waals surface area contributed by atoms with Crippen molar-refractivity contribution in [2.24, 2.45) is 0 Å². The molecule has 0 bridgehead atoms. The van der Waals surface area contributed by atoms with Gasteiger partial charge in [0.05, 0.1) is 29.9 Å². The molecule has 0 unspecified atom stereocenters. The molecular weight excluding hydrogens is 543 g/mol. The summed E-state index contributed by atoms with van der Waals surface area (Å²) in [5.74, 6) is 1.32. The molecule has 10 nitrogen and oxygen atoms in total. The number of benzene rings is 2. The van der Waals surface area contributed by atoms with E-state index < -0.39 is 0 Å². The van der Waals surface area contributed by atoms with Crippen molar-refractivity contribution in [1.82, 2.24) is 24.6 Å². The number of hydrogen-bond donors (Lipinski definition) is 2.